The number of likely N-dealkylation sites (tertiary alicyclic amines) is 1. The van der Waals surface area contributed by atoms with E-state index in [0.717, 1.165) is 12.8 Å². The smallest absolute Gasteiger partial charge is 0.410 e. The van der Waals surface area contributed by atoms with Crippen LogP contribution in [0.25, 0.3) is 0 Å². The highest BCUT2D eigenvalue weighted by Gasteiger charge is 2.42. The molecule has 1 atom stereocenters. The van der Waals surface area contributed by atoms with Crippen molar-refractivity contribution in [2.75, 3.05) is 13.2 Å². The molecular weight excluding hydrogens is 290 g/mol. The van der Waals surface area contributed by atoms with Gasteiger partial charge in [0, 0.05) is 6.54 Å². The van der Waals surface area contributed by atoms with Crippen LogP contribution < -0.4 is 0 Å². The van der Waals surface area contributed by atoms with Gasteiger partial charge in [-0.1, -0.05) is 17.7 Å². The van der Waals surface area contributed by atoms with Crippen LogP contribution in [-0.2, 0) is 4.74 Å². The third-order valence-electron chi connectivity index (χ3n) is 5.24. The van der Waals surface area contributed by atoms with Crippen LogP contribution in [0.15, 0.2) is 23.3 Å². The number of aliphatic hydroxyl groups excluding tert-OH is 1. The molecule has 23 heavy (non-hydrogen) atoms. The molecule has 2 fully saturated rings. The SMILES string of the molecule is CC(C)(C)OC(=O)N1CC(=CC2=CCC3(CC2)CC3)CC1CO. The molecule has 0 aromatic rings. The Labute approximate surface area is 139 Å². The second-order valence-corrected chi connectivity index (χ2v) is 8.43. The third-order valence-corrected chi connectivity index (χ3v) is 5.24. The van der Waals surface area contributed by atoms with Crippen molar-refractivity contribution in [2.45, 2.75) is 70.9 Å². The molecule has 0 aromatic heterocycles. The summed E-state index contributed by atoms with van der Waals surface area (Å²) in [7, 11) is 0. The Bertz CT molecular complexity index is 537. The Balaban J connectivity index is 1.65. The van der Waals surface area contributed by atoms with Crippen molar-refractivity contribution in [1.29, 1.82) is 0 Å². The second-order valence-electron chi connectivity index (χ2n) is 8.43. The van der Waals surface area contributed by atoms with E-state index in [4.69, 9.17) is 4.74 Å². The molecule has 1 spiro atoms. The van der Waals surface area contributed by atoms with Crippen molar-refractivity contribution in [3.63, 3.8) is 0 Å². The summed E-state index contributed by atoms with van der Waals surface area (Å²) in [6.07, 6.45) is 11.5. The molecule has 0 radical (unpaired) electrons. The summed E-state index contributed by atoms with van der Waals surface area (Å²) in [6, 6.07) is -0.157. The molecule has 1 N–H and O–H groups in total. The summed E-state index contributed by atoms with van der Waals surface area (Å²) in [5.74, 6) is 0. The monoisotopic (exact) mass is 319 g/mol. The average molecular weight is 319 g/mol. The van der Waals surface area contributed by atoms with Gasteiger partial charge in [-0.05, 0) is 70.3 Å². The largest absolute Gasteiger partial charge is 0.444 e. The first-order chi connectivity index (χ1) is 10.8. The lowest BCUT2D eigenvalue weighted by Crippen LogP contribution is -2.41. The fraction of sp³-hybridized carbons (Fsp3) is 0.737. The molecule has 1 saturated heterocycles. The van der Waals surface area contributed by atoms with Crippen molar-refractivity contribution in [3.05, 3.63) is 23.3 Å². The number of ether oxygens (including phenoxy) is 1. The maximum absolute atomic E-state index is 12.3. The zero-order chi connectivity index (χ0) is 16.7. The van der Waals surface area contributed by atoms with Gasteiger partial charge in [-0.2, -0.15) is 0 Å². The quantitative estimate of drug-likeness (QED) is 0.842. The molecule has 128 valence electrons. The van der Waals surface area contributed by atoms with E-state index < -0.39 is 5.60 Å². The van der Waals surface area contributed by atoms with Crippen molar-refractivity contribution in [3.8, 4) is 0 Å². The number of amides is 1. The van der Waals surface area contributed by atoms with E-state index in [1.54, 1.807) is 4.90 Å². The molecule has 1 unspecified atom stereocenters. The fourth-order valence-electron chi connectivity index (χ4n) is 3.61. The molecule has 1 aliphatic heterocycles. The summed E-state index contributed by atoms with van der Waals surface area (Å²) < 4.78 is 5.46. The number of carbonyl (C=O) groups excluding carboxylic acids is 1. The highest BCUT2D eigenvalue weighted by atomic mass is 16.6. The van der Waals surface area contributed by atoms with Crippen molar-refractivity contribution < 1.29 is 14.6 Å². The van der Waals surface area contributed by atoms with Gasteiger partial charge in [0.1, 0.15) is 5.60 Å². The lowest BCUT2D eigenvalue weighted by Gasteiger charge is -2.27. The van der Waals surface area contributed by atoms with Crippen LogP contribution in [0.5, 0.6) is 0 Å². The molecule has 4 heteroatoms. The van der Waals surface area contributed by atoms with E-state index >= 15 is 0 Å². The number of aliphatic hydroxyl groups is 1. The first-order valence-electron chi connectivity index (χ1n) is 8.79. The predicted octanol–water partition coefficient (Wildman–Crippen LogP) is 3.81. The van der Waals surface area contributed by atoms with Crippen LogP contribution in [0.2, 0.25) is 0 Å². The highest BCUT2D eigenvalue weighted by Crippen LogP contribution is 2.55. The fourth-order valence-corrected chi connectivity index (χ4v) is 3.61. The van der Waals surface area contributed by atoms with Crippen LogP contribution in [0, 0.1) is 5.41 Å². The van der Waals surface area contributed by atoms with Crippen molar-refractivity contribution in [1.82, 2.24) is 4.90 Å². The number of hydrogen-bond donors (Lipinski definition) is 1. The van der Waals surface area contributed by atoms with Gasteiger partial charge in [0.25, 0.3) is 0 Å². The third kappa shape index (κ3) is 3.97. The standard InChI is InChI=1S/C19H29NO3/c1-18(2,3)23-17(22)20-12-15(11-16(20)13-21)10-14-4-6-19(7-5-14)8-9-19/h4,10,16,21H,5-9,11-13H2,1-3H3. The first kappa shape index (κ1) is 16.6. The van der Waals surface area contributed by atoms with E-state index in [9.17, 15) is 9.90 Å². The molecule has 3 rings (SSSR count). The summed E-state index contributed by atoms with van der Waals surface area (Å²) in [6.45, 7) is 6.16. The molecule has 1 heterocycles. The summed E-state index contributed by atoms with van der Waals surface area (Å²) in [5.41, 5.74) is 2.77. The van der Waals surface area contributed by atoms with Gasteiger partial charge in [-0.15, -0.1) is 0 Å². The highest BCUT2D eigenvalue weighted by molar-refractivity contribution is 5.70. The summed E-state index contributed by atoms with van der Waals surface area (Å²) >= 11 is 0. The Kier molecular flexibility index (Phi) is 4.30. The van der Waals surface area contributed by atoms with Gasteiger partial charge < -0.3 is 9.84 Å². The zero-order valence-electron chi connectivity index (χ0n) is 14.6. The zero-order valence-corrected chi connectivity index (χ0v) is 14.6. The molecule has 0 aromatic carbocycles. The number of allylic oxidation sites excluding steroid dienone is 3. The lowest BCUT2D eigenvalue weighted by molar-refractivity contribution is 0.0178. The van der Waals surface area contributed by atoms with Gasteiger partial charge in [-0.3, -0.25) is 4.90 Å². The van der Waals surface area contributed by atoms with Gasteiger partial charge in [0.2, 0.25) is 0 Å². The number of rotatable bonds is 2. The van der Waals surface area contributed by atoms with Crippen LogP contribution in [0.4, 0.5) is 4.79 Å². The van der Waals surface area contributed by atoms with Gasteiger partial charge >= 0.3 is 6.09 Å². The van der Waals surface area contributed by atoms with Crippen molar-refractivity contribution >= 4 is 6.09 Å². The Hall–Kier alpha value is -1.29. The number of hydrogen-bond acceptors (Lipinski definition) is 3. The number of nitrogens with zero attached hydrogens (tertiary/aromatic N) is 1. The van der Waals surface area contributed by atoms with E-state index in [2.05, 4.69) is 12.2 Å². The molecule has 1 saturated carbocycles. The minimum absolute atomic E-state index is 0.0151. The van der Waals surface area contributed by atoms with Crippen LogP contribution in [0.3, 0.4) is 0 Å². The van der Waals surface area contributed by atoms with Crippen molar-refractivity contribution in [2.24, 2.45) is 5.41 Å². The van der Waals surface area contributed by atoms with Gasteiger partial charge in [0.15, 0.2) is 0 Å². The second kappa shape index (κ2) is 5.97. The average Bonchev–Trinajstić information content (AvgIpc) is 3.09. The van der Waals surface area contributed by atoms with E-state index in [-0.39, 0.29) is 18.7 Å². The Morgan fingerprint density at radius 2 is 2.17 bits per heavy atom. The normalized spacial score (nSPS) is 28.2. The Morgan fingerprint density at radius 1 is 1.43 bits per heavy atom. The van der Waals surface area contributed by atoms with Gasteiger partial charge in [0.05, 0.1) is 12.6 Å². The molecule has 3 aliphatic rings. The van der Waals surface area contributed by atoms with E-state index in [1.165, 1.54) is 36.8 Å². The summed E-state index contributed by atoms with van der Waals surface area (Å²) in [5, 5.41) is 9.59. The van der Waals surface area contributed by atoms with Crippen LogP contribution in [-0.4, -0.2) is 40.9 Å². The van der Waals surface area contributed by atoms with Crippen LogP contribution >= 0.6 is 0 Å². The number of carbonyl (C=O) groups is 1. The summed E-state index contributed by atoms with van der Waals surface area (Å²) in [4.78, 5) is 14.0. The molecular formula is C19H29NO3. The minimum Gasteiger partial charge on any atom is -0.444 e. The maximum Gasteiger partial charge on any atom is 0.410 e. The minimum atomic E-state index is -0.506. The van der Waals surface area contributed by atoms with Gasteiger partial charge in [-0.25, -0.2) is 4.79 Å². The Morgan fingerprint density at radius 3 is 2.70 bits per heavy atom. The van der Waals surface area contributed by atoms with E-state index in [0.29, 0.717) is 12.0 Å². The lowest BCUT2D eigenvalue weighted by atomic mass is 9.86. The predicted molar refractivity (Wildman–Crippen MR) is 90.1 cm³/mol. The molecule has 2 aliphatic carbocycles. The first-order valence-corrected chi connectivity index (χ1v) is 8.79. The molecule has 1 amide bonds. The molecule has 0 bridgehead atoms. The maximum atomic E-state index is 12.3. The topological polar surface area (TPSA) is 49.8 Å². The van der Waals surface area contributed by atoms with E-state index in [1.807, 2.05) is 20.8 Å². The van der Waals surface area contributed by atoms with Crippen LogP contribution in [0.1, 0.15) is 59.3 Å². The molecule has 4 nitrogen and oxygen atoms in total.